The van der Waals surface area contributed by atoms with Crippen molar-refractivity contribution in [3.8, 4) is 5.75 Å². The Kier molecular flexibility index (Phi) is 4.04. The molecule has 0 unspecified atom stereocenters. The summed E-state index contributed by atoms with van der Waals surface area (Å²) >= 11 is 7.50. The monoisotopic (exact) mass is 280 g/mol. The minimum Gasteiger partial charge on any atom is -0.493 e. The molecule has 2 rings (SSSR count). The summed E-state index contributed by atoms with van der Waals surface area (Å²) in [5.74, 6) is 0.522. The summed E-state index contributed by atoms with van der Waals surface area (Å²) in [6.45, 7) is 4.31. The van der Waals surface area contributed by atoms with Gasteiger partial charge in [0.25, 0.3) is 0 Å². The summed E-state index contributed by atoms with van der Waals surface area (Å²) < 4.78 is 5.47. The van der Waals surface area contributed by atoms with E-state index in [0.29, 0.717) is 27.8 Å². The minimum absolute atomic E-state index is 0.0813. The molecule has 2 aromatic rings. The maximum Gasteiger partial charge on any atom is 0.208 e. The van der Waals surface area contributed by atoms with Crippen LogP contribution >= 0.6 is 22.9 Å². The van der Waals surface area contributed by atoms with Gasteiger partial charge in [-0.05, 0) is 36.9 Å². The molecule has 0 saturated heterocycles. The van der Waals surface area contributed by atoms with Gasteiger partial charge in [-0.2, -0.15) is 0 Å². The van der Waals surface area contributed by atoms with E-state index in [4.69, 9.17) is 16.3 Å². The number of halogens is 1. The molecule has 0 aliphatic heterocycles. The van der Waals surface area contributed by atoms with Crippen LogP contribution in [0.15, 0.2) is 29.6 Å². The van der Waals surface area contributed by atoms with E-state index in [0.717, 1.165) is 5.56 Å². The van der Waals surface area contributed by atoms with E-state index >= 15 is 0 Å². The number of carbonyl (C=O) groups excluding carboxylic acids is 1. The van der Waals surface area contributed by atoms with Crippen molar-refractivity contribution in [2.24, 2.45) is 0 Å². The SMILES string of the molecule is CCOc1ccccc1C(=O)c1scc(C)c1Cl. The first-order valence-corrected chi connectivity index (χ1v) is 6.91. The lowest BCUT2D eigenvalue weighted by atomic mass is 10.1. The Bertz CT molecular complexity index is 575. The van der Waals surface area contributed by atoms with E-state index in [9.17, 15) is 4.79 Å². The van der Waals surface area contributed by atoms with Crippen LogP contribution in [0, 0.1) is 6.92 Å². The molecule has 0 atom stereocenters. The van der Waals surface area contributed by atoms with Gasteiger partial charge in [-0.15, -0.1) is 11.3 Å². The standard InChI is InChI=1S/C14H13ClO2S/c1-3-17-11-7-5-4-6-10(11)13(16)14-12(15)9(2)8-18-14/h4-8H,3H2,1-2H3. The Morgan fingerprint density at radius 3 is 2.72 bits per heavy atom. The van der Waals surface area contributed by atoms with Crippen LogP contribution in [0.5, 0.6) is 5.75 Å². The average Bonchev–Trinajstić information content (AvgIpc) is 2.70. The van der Waals surface area contributed by atoms with Crippen molar-refractivity contribution < 1.29 is 9.53 Å². The molecule has 4 heteroatoms. The van der Waals surface area contributed by atoms with E-state index in [1.165, 1.54) is 11.3 Å². The van der Waals surface area contributed by atoms with Crippen LogP contribution in [-0.4, -0.2) is 12.4 Å². The molecule has 0 amide bonds. The highest BCUT2D eigenvalue weighted by Crippen LogP contribution is 2.31. The van der Waals surface area contributed by atoms with Crippen LogP contribution in [0.2, 0.25) is 5.02 Å². The lowest BCUT2D eigenvalue weighted by molar-refractivity contribution is 0.103. The summed E-state index contributed by atoms with van der Waals surface area (Å²) in [6, 6.07) is 7.23. The van der Waals surface area contributed by atoms with Crippen molar-refractivity contribution in [1.29, 1.82) is 0 Å². The molecule has 0 saturated carbocycles. The van der Waals surface area contributed by atoms with E-state index in [1.807, 2.05) is 31.4 Å². The van der Waals surface area contributed by atoms with Gasteiger partial charge in [0.15, 0.2) is 0 Å². The normalized spacial score (nSPS) is 10.4. The molecule has 1 aromatic carbocycles. The summed E-state index contributed by atoms with van der Waals surface area (Å²) in [6.07, 6.45) is 0. The number of ether oxygens (including phenoxy) is 1. The van der Waals surface area contributed by atoms with Crippen LogP contribution in [0.25, 0.3) is 0 Å². The van der Waals surface area contributed by atoms with Crippen LogP contribution in [0.4, 0.5) is 0 Å². The molecule has 0 bridgehead atoms. The molecule has 0 aliphatic carbocycles. The molecule has 2 nitrogen and oxygen atoms in total. The largest absolute Gasteiger partial charge is 0.493 e. The number of aryl methyl sites for hydroxylation is 1. The fourth-order valence-electron chi connectivity index (χ4n) is 1.64. The van der Waals surface area contributed by atoms with Gasteiger partial charge < -0.3 is 4.74 Å². The van der Waals surface area contributed by atoms with Crippen molar-refractivity contribution in [2.75, 3.05) is 6.61 Å². The average molecular weight is 281 g/mol. The highest BCUT2D eigenvalue weighted by Gasteiger charge is 2.19. The molecular formula is C14H13ClO2S. The number of carbonyl (C=O) groups is 1. The zero-order chi connectivity index (χ0) is 13.1. The Labute approximate surface area is 115 Å². The van der Waals surface area contributed by atoms with Crippen molar-refractivity contribution in [2.45, 2.75) is 13.8 Å². The van der Waals surface area contributed by atoms with Gasteiger partial charge in [0.2, 0.25) is 5.78 Å². The third-order valence-electron chi connectivity index (χ3n) is 2.54. The van der Waals surface area contributed by atoms with Crippen molar-refractivity contribution in [1.82, 2.24) is 0 Å². The number of hydrogen-bond acceptors (Lipinski definition) is 3. The van der Waals surface area contributed by atoms with Gasteiger partial charge in [-0.25, -0.2) is 0 Å². The molecule has 1 heterocycles. The zero-order valence-electron chi connectivity index (χ0n) is 10.2. The number of hydrogen-bond donors (Lipinski definition) is 0. The van der Waals surface area contributed by atoms with Gasteiger partial charge in [0, 0.05) is 0 Å². The predicted octanol–water partition coefficient (Wildman–Crippen LogP) is 4.34. The Balaban J connectivity index is 2.43. The first kappa shape index (κ1) is 13.1. The van der Waals surface area contributed by atoms with E-state index in [1.54, 1.807) is 12.1 Å². The molecule has 1 aromatic heterocycles. The fraction of sp³-hybridized carbons (Fsp3) is 0.214. The number of benzene rings is 1. The maximum atomic E-state index is 12.4. The first-order chi connectivity index (χ1) is 8.65. The van der Waals surface area contributed by atoms with Gasteiger partial charge in [-0.1, -0.05) is 23.7 Å². The van der Waals surface area contributed by atoms with Crippen LogP contribution < -0.4 is 4.74 Å². The summed E-state index contributed by atoms with van der Waals surface area (Å²) in [4.78, 5) is 13.0. The Morgan fingerprint density at radius 2 is 2.11 bits per heavy atom. The molecule has 18 heavy (non-hydrogen) atoms. The molecule has 0 N–H and O–H groups in total. The Morgan fingerprint density at radius 1 is 1.39 bits per heavy atom. The van der Waals surface area contributed by atoms with Crippen molar-refractivity contribution in [3.05, 3.63) is 50.7 Å². The topological polar surface area (TPSA) is 26.3 Å². The summed E-state index contributed by atoms with van der Waals surface area (Å²) in [5, 5.41) is 2.43. The maximum absolute atomic E-state index is 12.4. The number of ketones is 1. The van der Waals surface area contributed by atoms with Crippen LogP contribution in [0.1, 0.15) is 27.7 Å². The second-order valence-electron chi connectivity index (χ2n) is 3.82. The number of rotatable bonds is 4. The van der Waals surface area contributed by atoms with Gasteiger partial charge in [0.05, 0.1) is 22.1 Å². The molecule has 94 valence electrons. The number of thiophene rings is 1. The second-order valence-corrected chi connectivity index (χ2v) is 5.08. The first-order valence-electron chi connectivity index (χ1n) is 5.65. The van der Waals surface area contributed by atoms with E-state index < -0.39 is 0 Å². The molecule has 0 radical (unpaired) electrons. The lowest BCUT2D eigenvalue weighted by Gasteiger charge is -2.08. The molecule has 0 aliphatic rings. The molecule has 0 spiro atoms. The van der Waals surface area contributed by atoms with E-state index in [2.05, 4.69) is 0 Å². The van der Waals surface area contributed by atoms with Gasteiger partial charge in [0.1, 0.15) is 5.75 Å². The van der Waals surface area contributed by atoms with Crippen LogP contribution in [-0.2, 0) is 0 Å². The fourth-order valence-corrected chi connectivity index (χ4v) is 2.87. The van der Waals surface area contributed by atoms with Crippen LogP contribution in [0.3, 0.4) is 0 Å². The molecule has 0 fully saturated rings. The van der Waals surface area contributed by atoms with Crippen molar-refractivity contribution in [3.63, 3.8) is 0 Å². The van der Waals surface area contributed by atoms with E-state index in [-0.39, 0.29) is 5.78 Å². The summed E-state index contributed by atoms with van der Waals surface area (Å²) in [5.41, 5.74) is 1.49. The third kappa shape index (κ3) is 2.42. The minimum atomic E-state index is -0.0813. The van der Waals surface area contributed by atoms with Gasteiger partial charge >= 0.3 is 0 Å². The molecular weight excluding hydrogens is 268 g/mol. The highest BCUT2D eigenvalue weighted by molar-refractivity contribution is 7.13. The second kappa shape index (κ2) is 5.55. The highest BCUT2D eigenvalue weighted by atomic mass is 35.5. The predicted molar refractivity (Wildman–Crippen MR) is 75.1 cm³/mol. The smallest absolute Gasteiger partial charge is 0.208 e. The lowest BCUT2D eigenvalue weighted by Crippen LogP contribution is -2.04. The van der Waals surface area contributed by atoms with Crippen molar-refractivity contribution >= 4 is 28.7 Å². The number of para-hydroxylation sites is 1. The quantitative estimate of drug-likeness (QED) is 0.779. The Hall–Kier alpha value is -1.32. The zero-order valence-corrected chi connectivity index (χ0v) is 11.8. The third-order valence-corrected chi connectivity index (χ3v) is 4.23. The summed E-state index contributed by atoms with van der Waals surface area (Å²) in [7, 11) is 0. The van der Waals surface area contributed by atoms with Gasteiger partial charge in [-0.3, -0.25) is 4.79 Å².